The van der Waals surface area contributed by atoms with Gasteiger partial charge in [-0.3, -0.25) is 0 Å². The predicted octanol–water partition coefficient (Wildman–Crippen LogP) is 1.34. The highest BCUT2D eigenvalue weighted by molar-refractivity contribution is 5.85. The van der Waals surface area contributed by atoms with E-state index in [4.69, 9.17) is 11.5 Å². The number of aliphatic hydroxyl groups is 2. The summed E-state index contributed by atoms with van der Waals surface area (Å²) >= 11 is 0. The first kappa shape index (κ1) is 38.2. The number of rotatable bonds is 12. The van der Waals surface area contributed by atoms with Gasteiger partial charge in [0.15, 0.2) is 0 Å². The number of nitrogens with zero attached hydrogens (tertiary/aromatic N) is 2. The van der Waals surface area contributed by atoms with E-state index in [9.17, 15) is 15.0 Å². The number of hydrogen-bond donors (Lipinski definition) is 4. The molecule has 2 amide bonds. The molecule has 0 saturated carbocycles. The fourth-order valence-electron chi connectivity index (χ4n) is 4.82. The molecule has 0 bridgehead atoms. The van der Waals surface area contributed by atoms with Crippen molar-refractivity contribution in [1.82, 2.24) is 9.80 Å². The van der Waals surface area contributed by atoms with Gasteiger partial charge in [0.05, 0.1) is 12.1 Å². The lowest BCUT2D eigenvalue weighted by Gasteiger charge is -2.35. The van der Waals surface area contributed by atoms with Crippen molar-refractivity contribution in [2.45, 2.75) is 62.8 Å². The molecular weight excluding hydrogens is 531 g/mol. The molecule has 9 nitrogen and oxygen atoms in total. The van der Waals surface area contributed by atoms with Crippen LogP contribution >= 0.6 is 24.8 Å². The Hall–Kier alpha value is -1.95. The first-order valence-electron chi connectivity index (χ1n) is 12.5. The first-order chi connectivity index (χ1) is 16.6. The molecule has 1 saturated heterocycles. The van der Waals surface area contributed by atoms with Gasteiger partial charge < -0.3 is 42.4 Å². The van der Waals surface area contributed by atoms with Crippen LogP contribution in [-0.2, 0) is 12.8 Å². The molecule has 1 heterocycles. The number of nitrogens with two attached hydrogens (primary N) is 2. The number of unbranched alkanes of at least 4 members (excludes halogenated alkanes) is 2. The summed E-state index contributed by atoms with van der Waals surface area (Å²) in [5.41, 5.74) is 13.5. The molecule has 11 heteroatoms. The summed E-state index contributed by atoms with van der Waals surface area (Å²) < 4.78 is 0. The highest BCUT2D eigenvalue weighted by Crippen LogP contribution is 2.28. The van der Waals surface area contributed by atoms with Gasteiger partial charge in [-0.15, -0.1) is 24.8 Å². The zero-order valence-electron chi connectivity index (χ0n) is 21.8. The highest BCUT2D eigenvalue weighted by Gasteiger charge is 2.45. The van der Waals surface area contributed by atoms with Gasteiger partial charge in [-0.2, -0.15) is 0 Å². The number of benzene rings is 2. The van der Waals surface area contributed by atoms with Gasteiger partial charge in [0, 0.05) is 13.1 Å². The zero-order chi connectivity index (χ0) is 24.3. The van der Waals surface area contributed by atoms with Gasteiger partial charge in [-0.05, 0) is 62.7 Å². The van der Waals surface area contributed by atoms with E-state index in [2.05, 4.69) is 0 Å². The topological polar surface area (TPSA) is 179 Å². The van der Waals surface area contributed by atoms with Crippen molar-refractivity contribution in [3.05, 3.63) is 71.8 Å². The number of hydrogen-bond acceptors (Lipinski definition) is 5. The fraction of sp³-hybridized carbons (Fsp3) is 0.519. The van der Waals surface area contributed by atoms with Crippen LogP contribution in [0.25, 0.3) is 0 Å². The minimum atomic E-state index is -1.07. The van der Waals surface area contributed by atoms with Crippen molar-refractivity contribution in [2.24, 2.45) is 11.5 Å². The van der Waals surface area contributed by atoms with E-state index in [1.54, 1.807) is 9.80 Å². The monoisotopic (exact) mass is 576 g/mol. The third-order valence-electron chi connectivity index (χ3n) is 6.71. The molecule has 1 aliphatic heterocycles. The lowest BCUT2D eigenvalue weighted by molar-refractivity contribution is -0.0396. The fourth-order valence-corrected chi connectivity index (χ4v) is 4.82. The lowest BCUT2D eigenvalue weighted by atomic mass is 9.91. The van der Waals surface area contributed by atoms with Crippen molar-refractivity contribution in [3.63, 3.8) is 0 Å². The van der Waals surface area contributed by atoms with E-state index in [0.717, 1.165) is 36.8 Å². The van der Waals surface area contributed by atoms with Crippen molar-refractivity contribution >= 4 is 30.8 Å². The molecule has 1 aliphatic rings. The third kappa shape index (κ3) is 10.3. The number of urea groups is 1. The Balaban J connectivity index is 0. The molecule has 0 aromatic heterocycles. The van der Waals surface area contributed by atoms with Crippen molar-refractivity contribution in [1.29, 1.82) is 0 Å². The molecule has 0 unspecified atom stereocenters. The molecule has 0 radical (unpaired) electrons. The second kappa shape index (κ2) is 20.0. The number of aliphatic hydroxyl groups excluding tert-OH is 2. The summed E-state index contributed by atoms with van der Waals surface area (Å²) in [4.78, 5) is 17.5. The van der Waals surface area contributed by atoms with Crippen LogP contribution in [-0.4, -0.2) is 87.5 Å². The highest BCUT2D eigenvalue weighted by atomic mass is 35.5. The van der Waals surface area contributed by atoms with E-state index in [-0.39, 0.29) is 41.8 Å². The maximum atomic E-state index is 14.0. The van der Waals surface area contributed by atoms with Gasteiger partial charge in [0.25, 0.3) is 0 Å². The number of carbonyl (C=O) groups excluding carboxylic acids is 1. The maximum absolute atomic E-state index is 14.0. The van der Waals surface area contributed by atoms with E-state index in [0.29, 0.717) is 39.0 Å². The standard InChI is InChI=1S/C27H40N4O3.2ClH.2H2O/c28-15-7-9-17-30-23(19-21-11-3-1-4-12-21)25(32)26(33)24(20-22-13-5-2-6-14-22)31(27(30)34)18-10-8-16-29;;;;/h1-6,11-14,23-26,32-33H,7-10,15-20,28-29H2;2*1H;2*1H2/t23-,24-,25+,26+;;;;/m1..../s1. The van der Waals surface area contributed by atoms with E-state index < -0.39 is 24.3 Å². The summed E-state index contributed by atoms with van der Waals surface area (Å²) in [6.45, 7) is 2.08. The smallest absolute Gasteiger partial charge is 0.320 e. The van der Waals surface area contributed by atoms with Crippen LogP contribution in [0.3, 0.4) is 0 Å². The largest absolute Gasteiger partial charge is 0.412 e. The molecule has 0 spiro atoms. The van der Waals surface area contributed by atoms with Crippen molar-refractivity contribution < 1.29 is 26.0 Å². The summed E-state index contributed by atoms with van der Waals surface area (Å²) in [5.74, 6) is 0. The molecule has 38 heavy (non-hydrogen) atoms. The van der Waals surface area contributed by atoms with E-state index in [1.165, 1.54) is 0 Å². The Kier molecular flexibility index (Phi) is 20.1. The predicted molar refractivity (Wildman–Crippen MR) is 157 cm³/mol. The lowest BCUT2D eigenvalue weighted by Crippen LogP contribution is -2.51. The molecule has 2 aromatic rings. The van der Waals surface area contributed by atoms with Crippen LogP contribution in [0.4, 0.5) is 4.79 Å². The molecule has 10 N–H and O–H groups in total. The van der Waals surface area contributed by atoms with Gasteiger partial charge in [0.1, 0.15) is 12.2 Å². The Labute approximate surface area is 238 Å². The number of amides is 2. The zero-order valence-corrected chi connectivity index (χ0v) is 23.5. The number of halogens is 2. The summed E-state index contributed by atoms with van der Waals surface area (Å²) in [5, 5.41) is 22.9. The summed E-state index contributed by atoms with van der Waals surface area (Å²) in [7, 11) is 0. The SMILES string of the molecule is Cl.Cl.NCCCCN1C(=O)N(CCCCN)[C@H](Cc2ccccc2)[C@H](O)[C@@H](O)[C@H]1Cc1ccccc1.O.O. The van der Waals surface area contributed by atoms with Crippen molar-refractivity contribution in [2.75, 3.05) is 26.2 Å². The molecular formula is C27H46Cl2N4O5. The normalized spacial score (nSPS) is 20.8. The minimum Gasteiger partial charge on any atom is -0.412 e. The average molecular weight is 578 g/mol. The van der Waals surface area contributed by atoms with Gasteiger partial charge in [-0.1, -0.05) is 60.7 Å². The van der Waals surface area contributed by atoms with Crippen LogP contribution in [0.5, 0.6) is 0 Å². The van der Waals surface area contributed by atoms with Crippen LogP contribution in [0.15, 0.2) is 60.7 Å². The second-order valence-electron chi connectivity index (χ2n) is 9.16. The second-order valence-corrected chi connectivity index (χ2v) is 9.16. The Morgan fingerprint density at radius 2 is 0.974 bits per heavy atom. The maximum Gasteiger partial charge on any atom is 0.320 e. The van der Waals surface area contributed by atoms with E-state index >= 15 is 0 Å². The minimum absolute atomic E-state index is 0. The molecule has 218 valence electrons. The van der Waals surface area contributed by atoms with Gasteiger partial charge in [0.2, 0.25) is 0 Å². The summed E-state index contributed by atoms with van der Waals surface area (Å²) in [6.07, 6.45) is 1.88. The summed E-state index contributed by atoms with van der Waals surface area (Å²) in [6, 6.07) is 18.5. The quantitative estimate of drug-likeness (QED) is 0.278. The van der Waals surface area contributed by atoms with Crippen LogP contribution in [0, 0.1) is 0 Å². The van der Waals surface area contributed by atoms with Gasteiger partial charge in [-0.25, -0.2) is 4.79 Å². The molecule has 4 atom stereocenters. The average Bonchev–Trinajstić information content (AvgIpc) is 2.92. The Morgan fingerprint density at radius 3 is 1.29 bits per heavy atom. The van der Waals surface area contributed by atoms with Crippen molar-refractivity contribution in [3.8, 4) is 0 Å². The first-order valence-corrected chi connectivity index (χ1v) is 12.5. The molecule has 1 fully saturated rings. The van der Waals surface area contributed by atoms with E-state index in [1.807, 2.05) is 60.7 Å². The Morgan fingerprint density at radius 1 is 0.632 bits per heavy atom. The molecule has 2 aromatic carbocycles. The van der Waals surface area contributed by atoms with Crippen LogP contribution in [0.2, 0.25) is 0 Å². The van der Waals surface area contributed by atoms with Crippen LogP contribution < -0.4 is 11.5 Å². The third-order valence-corrected chi connectivity index (χ3v) is 6.71. The molecule has 3 rings (SSSR count). The molecule has 0 aliphatic carbocycles. The Bertz CT molecular complexity index is 800. The van der Waals surface area contributed by atoms with Gasteiger partial charge >= 0.3 is 6.03 Å². The number of carbonyl (C=O) groups is 1. The van der Waals surface area contributed by atoms with Crippen LogP contribution in [0.1, 0.15) is 36.8 Å².